The van der Waals surface area contributed by atoms with Gasteiger partial charge in [-0.2, -0.15) is 4.98 Å². The lowest BCUT2D eigenvalue weighted by Gasteiger charge is -2.17. The van der Waals surface area contributed by atoms with Gasteiger partial charge in [0.05, 0.1) is 7.11 Å². The summed E-state index contributed by atoms with van der Waals surface area (Å²) in [5.41, 5.74) is 0. The number of carbonyl (C=O) groups is 1. The molecule has 1 fully saturated rings. The van der Waals surface area contributed by atoms with Gasteiger partial charge in [0.25, 0.3) is 0 Å². The smallest absolute Gasteiger partial charge is 0.318 e. The van der Waals surface area contributed by atoms with Gasteiger partial charge in [-0.15, -0.1) is 0 Å². The fourth-order valence-electron chi connectivity index (χ4n) is 2.99. The van der Waals surface area contributed by atoms with E-state index in [4.69, 9.17) is 14.0 Å². The second kappa shape index (κ2) is 7.54. The second-order valence-electron chi connectivity index (χ2n) is 5.39. The first-order chi connectivity index (χ1) is 10.2. The topological polar surface area (TPSA) is 74.5 Å². The molecule has 0 N–H and O–H groups in total. The molecular formula is C15H24N2O4. The Balaban J connectivity index is 2.20. The number of hydrogen-bond donors (Lipinski definition) is 0. The van der Waals surface area contributed by atoms with E-state index in [2.05, 4.69) is 10.1 Å². The zero-order valence-corrected chi connectivity index (χ0v) is 13.0. The maximum Gasteiger partial charge on any atom is 0.318 e. The van der Waals surface area contributed by atoms with Crippen LogP contribution >= 0.6 is 0 Å². The molecule has 2 rings (SSSR count). The molecule has 0 spiro atoms. The Morgan fingerprint density at radius 1 is 1.38 bits per heavy atom. The van der Waals surface area contributed by atoms with E-state index < -0.39 is 5.92 Å². The molecule has 1 aromatic heterocycles. The summed E-state index contributed by atoms with van der Waals surface area (Å²) >= 11 is 0. The van der Waals surface area contributed by atoms with E-state index in [0.717, 1.165) is 32.1 Å². The van der Waals surface area contributed by atoms with Crippen LogP contribution in [0.5, 0.6) is 0 Å². The monoisotopic (exact) mass is 296 g/mol. The molecule has 6 heteroatoms. The molecule has 1 saturated carbocycles. The molecule has 1 aliphatic rings. The molecule has 21 heavy (non-hydrogen) atoms. The van der Waals surface area contributed by atoms with Crippen molar-refractivity contribution in [2.24, 2.45) is 5.92 Å². The van der Waals surface area contributed by atoms with Crippen LogP contribution in [0.2, 0.25) is 0 Å². The van der Waals surface area contributed by atoms with Gasteiger partial charge in [0.15, 0.2) is 0 Å². The summed E-state index contributed by atoms with van der Waals surface area (Å²) in [6, 6.07) is 0. The van der Waals surface area contributed by atoms with E-state index in [1.165, 1.54) is 7.11 Å². The number of nitrogens with zero attached hydrogens (tertiary/aromatic N) is 2. The van der Waals surface area contributed by atoms with Crippen LogP contribution < -0.4 is 0 Å². The van der Waals surface area contributed by atoms with Gasteiger partial charge >= 0.3 is 5.97 Å². The largest absolute Gasteiger partial charge is 0.468 e. The van der Waals surface area contributed by atoms with Crippen LogP contribution in [0.25, 0.3) is 0 Å². The van der Waals surface area contributed by atoms with Crippen LogP contribution in [0.4, 0.5) is 0 Å². The molecular weight excluding hydrogens is 272 g/mol. The number of hydrogen-bond acceptors (Lipinski definition) is 6. The highest BCUT2D eigenvalue weighted by Crippen LogP contribution is 2.37. The number of carbonyl (C=O) groups excluding carboxylic acids is 1. The Hall–Kier alpha value is -1.43. The van der Waals surface area contributed by atoms with E-state index in [0.29, 0.717) is 18.3 Å². The van der Waals surface area contributed by atoms with Crippen molar-refractivity contribution in [1.82, 2.24) is 10.1 Å². The van der Waals surface area contributed by atoms with Crippen molar-refractivity contribution < 1.29 is 18.8 Å². The first-order valence-corrected chi connectivity index (χ1v) is 7.74. The zero-order valence-electron chi connectivity index (χ0n) is 13.0. The molecule has 0 saturated heterocycles. The Kier molecular flexibility index (Phi) is 5.73. The minimum Gasteiger partial charge on any atom is -0.468 e. The maximum absolute atomic E-state index is 12.1. The van der Waals surface area contributed by atoms with Gasteiger partial charge in [-0.25, -0.2) is 0 Å². The quantitative estimate of drug-likeness (QED) is 0.720. The van der Waals surface area contributed by atoms with Gasteiger partial charge in [0.1, 0.15) is 12.0 Å². The van der Waals surface area contributed by atoms with Gasteiger partial charge in [0, 0.05) is 6.61 Å². The fraction of sp³-hybridized carbons (Fsp3) is 0.800. The van der Waals surface area contributed by atoms with Crippen molar-refractivity contribution in [2.75, 3.05) is 13.7 Å². The summed E-state index contributed by atoms with van der Waals surface area (Å²) in [5, 5.41) is 4.00. The molecule has 2 atom stereocenters. The Morgan fingerprint density at radius 2 is 2.10 bits per heavy atom. The van der Waals surface area contributed by atoms with Crippen molar-refractivity contribution in [3.05, 3.63) is 11.7 Å². The summed E-state index contributed by atoms with van der Waals surface area (Å²) in [7, 11) is 1.40. The Bertz CT molecular complexity index is 454. The van der Waals surface area contributed by atoms with E-state index in [1.54, 1.807) is 0 Å². The van der Waals surface area contributed by atoms with E-state index in [1.807, 2.05) is 13.8 Å². The van der Waals surface area contributed by atoms with E-state index >= 15 is 0 Å². The molecule has 2 unspecified atom stereocenters. The lowest BCUT2D eigenvalue weighted by atomic mass is 9.91. The van der Waals surface area contributed by atoms with Crippen LogP contribution in [-0.4, -0.2) is 29.8 Å². The normalized spacial score (nSPS) is 18.6. The summed E-state index contributed by atoms with van der Waals surface area (Å²) in [4.78, 5) is 16.5. The average molecular weight is 296 g/mol. The third kappa shape index (κ3) is 3.61. The van der Waals surface area contributed by atoms with Crippen LogP contribution in [0.3, 0.4) is 0 Å². The zero-order chi connectivity index (χ0) is 15.2. The number of esters is 1. The maximum atomic E-state index is 12.1. The minimum absolute atomic E-state index is 0.186. The van der Waals surface area contributed by atoms with Crippen LogP contribution in [0.15, 0.2) is 4.52 Å². The molecule has 0 bridgehead atoms. The molecule has 1 heterocycles. The van der Waals surface area contributed by atoms with Gasteiger partial charge in [-0.05, 0) is 32.1 Å². The number of methoxy groups -OCH3 is 1. The van der Waals surface area contributed by atoms with Crippen molar-refractivity contribution in [3.8, 4) is 0 Å². The molecule has 6 nitrogen and oxygen atoms in total. The lowest BCUT2D eigenvalue weighted by molar-refractivity contribution is -0.144. The predicted molar refractivity (Wildman–Crippen MR) is 75.7 cm³/mol. The minimum atomic E-state index is -0.446. The average Bonchev–Trinajstić information content (AvgIpc) is 3.17. The molecule has 0 aliphatic heterocycles. The van der Waals surface area contributed by atoms with Gasteiger partial charge in [-0.1, -0.05) is 24.9 Å². The first kappa shape index (κ1) is 15.9. The third-order valence-electron chi connectivity index (χ3n) is 4.08. The predicted octanol–water partition coefficient (Wildman–Crippen LogP) is 3.00. The second-order valence-corrected chi connectivity index (χ2v) is 5.39. The van der Waals surface area contributed by atoms with Crippen molar-refractivity contribution in [2.45, 2.75) is 58.0 Å². The summed E-state index contributed by atoms with van der Waals surface area (Å²) in [6.45, 7) is 4.52. The molecule has 0 radical (unpaired) electrons. The standard InChI is InChI=1S/C15H24N2O4/c1-4-11(20-5-2)13-16-14(21-17-13)12(15(18)19-3)10-8-6-7-9-10/h10-12H,4-9H2,1-3H3. The van der Waals surface area contributed by atoms with Crippen molar-refractivity contribution >= 4 is 5.97 Å². The highest BCUT2D eigenvalue weighted by molar-refractivity contribution is 5.77. The molecule has 1 aliphatic carbocycles. The van der Waals surface area contributed by atoms with Crippen LogP contribution in [0, 0.1) is 5.92 Å². The molecule has 0 amide bonds. The Morgan fingerprint density at radius 3 is 2.67 bits per heavy atom. The first-order valence-electron chi connectivity index (χ1n) is 7.74. The summed E-state index contributed by atoms with van der Waals surface area (Å²) < 4.78 is 15.9. The highest BCUT2D eigenvalue weighted by atomic mass is 16.5. The van der Waals surface area contributed by atoms with Gasteiger partial charge < -0.3 is 14.0 Å². The SMILES string of the molecule is CCOC(CC)c1noc(C(C(=O)OC)C2CCCC2)n1. The number of aromatic nitrogens is 2. The van der Waals surface area contributed by atoms with Crippen LogP contribution in [0.1, 0.15) is 69.7 Å². The highest BCUT2D eigenvalue weighted by Gasteiger charge is 2.37. The van der Waals surface area contributed by atoms with Crippen molar-refractivity contribution in [1.29, 1.82) is 0 Å². The van der Waals surface area contributed by atoms with Gasteiger partial charge in [0.2, 0.25) is 11.7 Å². The lowest BCUT2D eigenvalue weighted by Crippen LogP contribution is -2.22. The van der Waals surface area contributed by atoms with Gasteiger partial charge in [-0.3, -0.25) is 4.79 Å². The number of ether oxygens (including phenoxy) is 2. The number of rotatable bonds is 7. The van der Waals surface area contributed by atoms with Crippen molar-refractivity contribution in [3.63, 3.8) is 0 Å². The third-order valence-corrected chi connectivity index (χ3v) is 4.08. The fourth-order valence-corrected chi connectivity index (χ4v) is 2.99. The Labute approximate surface area is 125 Å². The van der Waals surface area contributed by atoms with Crippen LogP contribution in [-0.2, 0) is 14.3 Å². The molecule has 0 aromatic carbocycles. The molecule has 1 aromatic rings. The van der Waals surface area contributed by atoms with E-state index in [-0.39, 0.29) is 18.0 Å². The van der Waals surface area contributed by atoms with E-state index in [9.17, 15) is 4.79 Å². The molecule has 118 valence electrons. The summed E-state index contributed by atoms with van der Waals surface area (Å²) in [6.07, 6.45) is 4.85. The summed E-state index contributed by atoms with van der Waals surface area (Å²) in [5.74, 6) is 0.375.